The van der Waals surface area contributed by atoms with Gasteiger partial charge in [-0.15, -0.1) is 0 Å². The number of halogens is 2. The molecule has 5 heteroatoms. The molecule has 0 unspecified atom stereocenters. The zero-order chi connectivity index (χ0) is 12.7. The molecule has 3 N–H and O–H groups in total. The zero-order valence-electron chi connectivity index (χ0n) is 9.24. The topological polar surface area (TPSA) is 54.7 Å². The Balaban J connectivity index is 2.22. The van der Waals surface area contributed by atoms with Crippen LogP contribution in [0.5, 0.6) is 0 Å². The van der Waals surface area contributed by atoms with Gasteiger partial charge in [-0.05, 0) is 46.9 Å². The van der Waals surface area contributed by atoms with Gasteiger partial charge in [0.25, 0.3) is 0 Å². The van der Waals surface area contributed by atoms with Crippen LogP contribution in [0.1, 0.15) is 0 Å². The fraction of sp³-hybridized carbons (Fsp3) is 0. The van der Waals surface area contributed by atoms with Crippen molar-refractivity contribution < 1.29 is 0 Å². The molecule has 0 spiro atoms. The van der Waals surface area contributed by atoms with Crippen LogP contribution in [0.15, 0.2) is 40.9 Å². The minimum atomic E-state index is 0.674. The molecule has 1 heterocycles. The average molecular weight is 414 g/mol. The third-order valence-electron chi connectivity index (χ3n) is 2.68. The second kappa shape index (κ2) is 4.55. The fourth-order valence-electron chi connectivity index (χ4n) is 1.88. The standard InChI is InChI=1S/C13H9BrIN3/c14-8-5-10(16)12-11(6-8)17-13(18-12)7-2-1-3-9(15)4-7/h1-6H,16H2,(H,17,18). The predicted octanol–water partition coefficient (Wildman–Crippen LogP) is 4.18. The third-order valence-corrected chi connectivity index (χ3v) is 3.81. The Labute approximate surface area is 126 Å². The largest absolute Gasteiger partial charge is 0.397 e. The molecule has 0 radical (unpaired) electrons. The lowest BCUT2D eigenvalue weighted by molar-refractivity contribution is 1.33. The molecule has 0 aliphatic rings. The summed E-state index contributed by atoms with van der Waals surface area (Å²) in [5.41, 5.74) is 9.45. The van der Waals surface area contributed by atoms with Crippen molar-refractivity contribution in [2.24, 2.45) is 0 Å². The van der Waals surface area contributed by atoms with E-state index >= 15 is 0 Å². The summed E-state index contributed by atoms with van der Waals surface area (Å²) in [6.07, 6.45) is 0. The number of rotatable bonds is 1. The lowest BCUT2D eigenvalue weighted by atomic mass is 10.2. The summed E-state index contributed by atoms with van der Waals surface area (Å²) in [6, 6.07) is 12.0. The number of benzene rings is 2. The molecule has 0 fully saturated rings. The number of fused-ring (bicyclic) bond motifs is 1. The molecule has 0 atom stereocenters. The first-order valence-electron chi connectivity index (χ1n) is 5.34. The number of imidazole rings is 1. The number of hydrogen-bond acceptors (Lipinski definition) is 2. The number of H-pyrrole nitrogens is 1. The van der Waals surface area contributed by atoms with Gasteiger partial charge in [-0.1, -0.05) is 28.1 Å². The highest BCUT2D eigenvalue weighted by Crippen LogP contribution is 2.28. The van der Waals surface area contributed by atoms with E-state index < -0.39 is 0 Å². The highest BCUT2D eigenvalue weighted by atomic mass is 127. The number of nitrogens with two attached hydrogens (primary N) is 1. The molecule has 3 aromatic rings. The molecule has 0 aliphatic carbocycles. The molecule has 3 nitrogen and oxygen atoms in total. The van der Waals surface area contributed by atoms with Crippen LogP contribution in [0.3, 0.4) is 0 Å². The molecule has 0 saturated carbocycles. The Kier molecular flexibility index (Phi) is 3.03. The molecule has 0 aliphatic heterocycles. The molecule has 1 aromatic heterocycles. The van der Waals surface area contributed by atoms with Crippen LogP contribution in [0, 0.1) is 3.57 Å². The molecular formula is C13H9BrIN3. The van der Waals surface area contributed by atoms with Gasteiger partial charge in [0.15, 0.2) is 0 Å². The SMILES string of the molecule is Nc1cc(Br)cc2[nH]c(-c3cccc(I)c3)nc12. The summed E-state index contributed by atoms with van der Waals surface area (Å²) in [4.78, 5) is 7.86. The summed E-state index contributed by atoms with van der Waals surface area (Å²) in [5, 5.41) is 0. The van der Waals surface area contributed by atoms with E-state index in [1.54, 1.807) is 0 Å². The molecular weight excluding hydrogens is 405 g/mol. The quantitative estimate of drug-likeness (QED) is 0.464. The van der Waals surface area contributed by atoms with Gasteiger partial charge in [-0.2, -0.15) is 0 Å². The van der Waals surface area contributed by atoms with Gasteiger partial charge >= 0.3 is 0 Å². The maximum absolute atomic E-state index is 5.96. The number of aromatic nitrogens is 2. The summed E-state index contributed by atoms with van der Waals surface area (Å²) in [6.45, 7) is 0. The highest BCUT2D eigenvalue weighted by Gasteiger charge is 2.08. The molecule has 0 bridgehead atoms. The van der Waals surface area contributed by atoms with Gasteiger partial charge in [-0.3, -0.25) is 0 Å². The van der Waals surface area contributed by atoms with Crippen LogP contribution >= 0.6 is 38.5 Å². The van der Waals surface area contributed by atoms with Gasteiger partial charge in [-0.25, -0.2) is 4.98 Å². The predicted molar refractivity (Wildman–Crippen MR) is 86.4 cm³/mol. The van der Waals surface area contributed by atoms with Crippen LogP contribution in [0.4, 0.5) is 5.69 Å². The number of anilines is 1. The van der Waals surface area contributed by atoms with E-state index in [9.17, 15) is 0 Å². The Morgan fingerprint density at radius 1 is 1.22 bits per heavy atom. The molecule has 3 rings (SSSR count). The number of nitrogens with zero attached hydrogens (tertiary/aromatic N) is 1. The Morgan fingerprint density at radius 2 is 2.06 bits per heavy atom. The van der Waals surface area contributed by atoms with E-state index in [0.29, 0.717) is 5.69 Å². The first kappa shape index (κ1) is 12.0. The monoisotopic (exact) mass is 413 g/mol. The van der Waals surface area contributed by atoms with Crippen LogP contribution in [-0.2, 0) is 0 Å². The number of hydrogen-bond donors (Lipinski definition) is 2. The van der Waals surface area contributed by atoms with E-state index in [0.717, 1.165) is 26.9 Å². The molecule has 0 saturated heterocycles. The second-order valence-corrected chi connectivity index (χ2v) is 6.15. The van der Waals surface area contributed by atoms with Crippen LogP contribution in [0.2, 0.25) is 0 Å². The maximum atomic E-state index is 5.96. The van der Waals surface area contributed by atoms with E-state index in [2.05, 4.69) is 60.6 Å². The van der Waals surface area contributed by atoms with Crippen LogP contribution in [0.25, 0.3) is 22.4 Å². The minimum Gasteiger partial charge on any atom is -0.397 e. The van der Waals surface area contributed by atoms with Gasteiger partial charge in [0.1, 0.15) is 11.3 Å². The van der Waals surface area contributed by atoms with Gasteiger partial charge in [0, 0.05) is 13.6 Å². The minimum absolute atomic E-state index is 0.674. The van der Waals surface area contributed by atoms with Crippen molar-refractivity contribution in [3.63, 3.8) is 0 Å². The lowest BCUT2D eigenvalue weighted by Crippen LogP contribution is -1.86. The van der Waals surface area contributed by atoms with E-state index in [-0.39, 0.29) is 0 Å². The molecule has 18 heavy (non-hydrogen) atoms. The summed E-state index contributed by atoms with van der Waals surface area (Å²) < 4.78 is 2.13. The Morgan fingerprint density at radius 3 is 2.83 bits per heavy atom. The smallest absolute Gasteiger partial charge is 0.138 e. The van der Waals surface area contributed by atoms with Crippen LogP contribution in [-0.4, -0.2) is 9.97 Å². The van der Waals surface area contributed by atoms with E-state index in [1.807, 2.05) is 24.3 Å². The molecule has 0 amide bonds. The van der Waals surface area contributed by atoms with E-state index in [4.69, 9.17) is 5.73 Å². The van der Waals surface area contributed by atoms with Gasteiger partial charge in [0.05, 0.1) is 11.2 Å². The van der Waals surface area contributed by atoms with Gasteiger partial charge < -0.3 is 10.7 Å². The van der Waals surface area contributed by atoms with Crippen molar-refractivity contribution in [3.8, 4) is 11.4 Å². The van der Waals surface area contributed by atoms with Crippen molar-refractivity contribution in [2.75, 3.05) is 5.73 Å². The number of aromatic amines is 1. The first-order valence-corrected chi connectivity index (χ1v) is 7.21. The van der Waals surface area contributed by atoms with Crippen molar-refractivity contribution in [3.05, 3.63) is 44.4 Å². The maximum Gasteiger partial charge on any atom is 0.138 e. The average Bonchev–Trinajstić information content (AvgIpc) is 2.73. The second-order valence-electron chi connectivity index (χ2n) is 3.99. The molecule has 90 valence electrons. The summed E-state index contributed by atoms with van der Waals surface area (Å²) in [7, 11) is 0. The Hall–Kier alpha value is -1.08. The zero-order valence-corrected chi connectivity index (χ0v) is 13.0. The Bertz CT molecular complexity index is 736. The number of nitrogens with one attached hydrogen (secondary N) is 1. The van der Waals surface area contributed by atoms with Crippen molar-refractivity contribution >= 4 is 55.2 Å². The van der Waals surface area contributed by atoms with Crippen molar-refractivity contribution in [1.82, 2.24) is 9.97 Å². The normalized spacial score (nSPS) is 11.0. The summed E-state index contributed by atoms with van der Waals surface area (Å²) in [5.74, 6) is 0.841. The van der Waals surface area contributed by atoms with Crippen molar-refractivity contribution in [2.45, 2.75) is 0 Å². The van der Waals surface area contributed by atoms with Crippen LogP contribution < -0.4 is 5.73 Å². The first-order chi connectivity index (χ1) is 8.63. The summed E-state index contributed by atoms with van der Waals surface area (Å²) >= 11 is 5.72. The van der Waals surface area contributed by atoms with Crippen molar-refractivity contribution in [1.29, 1.82) is 0 Å². The van der Waals surface area contributed by atoms with E-state index in [1.165, 1.54) is 3.57 Å². The molecule has 2 aromatic carbocycles. The highest BCUT2D eigenvalue weighted by molar-refractivity contribution is 14.1. The number of nitrogen functional groups attached to an aromatic ring is 1. The lowest BCUT2D eigenvalue weighted by Gasteiger charge is -1.96. The fourth-order valence-corrected chi connectivity index (χ4v) is 2.90. The van der Waals surface area contributed by atoms with Gasteiger partial charge in [0.2, 0.25) is 0 Å². The third kappa shape index (κ3) is 2.12.